The van der Waals surface area contributed by atoms with Crippen molar-refractivity contribution in [3.63, 3.8) is 0 Å². The molecule has 1 aromatic carbocycles. The number of methoxy groups -OCH3 is 1. The van der Waals surface area contributed by atoms with Crippen molar-refractivity contribution in [1.29, 1.82) is 0 Å². The van der Waals surface area contributed by atoms with E-state index in [1.807, 2.05) is 19.9 Å². The van der Waals surface area contributed by atoms with Crippen LogP contribution in [0, 0.1) is 12.7 Å². The first-order valence-electron chi connectivity index (χ1n) is 6.24. The van der Waals surface area contributed by atoms with Gasteiger partial charge in [-0.1, -0.05) is 17.7 Å². The highest BCUT2D eigenvalue weighted by atomic mass is 35.5. The van der Waals surface area contributed by atoms with Gasteiger partial charge in [0.2, 0.25) is 0 Å². The van der Waals surface area contributed by atoms with E-state index >= 15 is 0 Å². The molecule has 0 bridgehead atoms. The molecule has 0 spiro atoms. The van der Waals surface area contributed by atoms with Crippen LogP contribution in [0.25, 0.3) is 0 Å². The van der Waals surface area contributed by atoms with E-state index in [1.165, 1.54) is 13.2 Å². The van der Waals surface area contributed by atoms with Crippen molar-refractivity contribution >= 4 is 17.3 Å². The lowest BCUT2D eigenvalue weighted by molar-refractivity contribution is 0.410. The number of nitrogens with one attached hydrogen (secondary N) is 1. The van der Waals surface area contributed by atoms with E-state index in [0.717, 1.165) is 11.3 Å². The molecule has 0 aliphatic heterocycles. The first kappa shape index (κ1) is 14.6. The van der Waals surface area contributed by atoms with Crippen molar-refractivity contribution in [1.82, 2.24) is 4.98 Å². The predicted octanol–water partition coefficient (Wildman–Crippen LogP) is 4.36. The zero-order valence-electron chi connectivity index (χ0n) is 11.6. The van der Waals surface area contributed by atoms with Crippen LogP contribution in [0.2, 0.25) is 5.15 Å². The lowest BCUT2D eigenvalue weighted by Gasteiger charge is -2.19. The molecule has 5 heteroatoms. The topological polar surface area (TPSA) is 34.1 Å². The molecule has 0 saturated carbocycles. The maximum absolute atomic E-state index is 14.0. The average Bonchev–Trinajstić information content (AvgIpc) is 2.42. The predicted molar refractivity (Wildman–Crippen MR) is 79.0 cm³/mol. The monoisotopic (exact) mass is 294 g/mol. The van der Waals surface area contributed by atoms with E-state index in [4.69, 9.17) is 16.3 Å². The summed E-state index contributed by atoms with van der Waals surface area (Å²) in [6.07, 6.45) is 1.64. The Labute approximate surface area is 122 Å². The van der Waals surface area contributed by atoms with Gasteiger partial charge in [0.05, 0.1) is 18.8 Å². The summed E-state index contributed by atoms with van der Waals surface area (Å²) in [5.41, 5.74) is 2.23. The van der Waals surface area contributed by atoms with Crippen LogP contribution in [0.1, 0.15) is 24.1 Å². The molecule has 1 aromatic heterocycles. The standard InChI is InChI=1S/C15H16ClFN2O/c1-9-6-7-18-15(16)14(9)19-10(2)12-5-4-11(20-3)8-13(12)17/h4-8,10,19H,1-3H3. The molecule has 1 atom stereocenters. The van der Waals surface area contributed by atoms with Crippen LogP contribution in [0.4, 0.5) is 10.1 Å². The summed E-state index contributed by atoms with van der Waals surface area (Å²) in [6, 6.07) is 6.41. The smallest absolute Gasteiger partial charge is 0.152 e. The molecule has 0 aliphatic carbocycles. The molecule has 1 heterocycles. The molecular formula is C15H16ClFN2O. The Bertz CT molecular complexity index is 599. The zero-order chi connectivity index (χ0) is 14.7. The molecule has 106 valence electrons. The molecule has 3 nitrogen and oxygen atoms in total. The first-order valence-corrected chi connectivity index (χ1v) is 6.61. The van der Waals surface area contributed by atoms with Crippen molar-refractivity contribution in [3.8, 4) is 5.75 Å². The summed E-state index contributed by atoms with van der Waals surface area (Å²) in [4.78, 5) is 4.03. The first-order chi connectivity index (χ1) is 9.52. The summed E-state index contributed by atoms with van der Waals surface area (Å²) in [7, 11) is 1.51. The minimum atomic E-state index is -0.318. The fraction of sp³-hybridized carbons (Fsp3) is 0.267. The van der Waals surface area contributed by atoms with Gasteiger partial charge < -0.3 is 10.1 Å². The third-order valence-corrected chi connectivity index (χ3v) is 3.43. The van der Waals surface area contributed by atoms with Gasteiger partial charge in [-0.05, 0) is 31.5 Å². The number of halogens is 2. The van der Waals surface area contributed by atoms with Gasteiger partial charge >= 0.3 is 0 Å². The number of rotatable bonds is 4. The Morgan fingerprint density at radius 1 is 1.35 bits per heavy atom. The van der Waals surface area contributed by atoms with Gasteiger partial charge in [0, 0.05) is 17.8 Å². The van der Waals surface area contributed by atoms with Gasteiger partial charge in [0.1, 0.15) is 11.6 Å². The van der Waals surface area contributed by atoms with Crippen LogP contribution in [0.3, 0.4) is 0 Å². The SMILES string of the molecule is COc1ccc(C(C)Nc2c(C)ccnc2Cl)c(F)c1. The van der Waals surface area contributed by atoms with Gasteiger partial charge in [0.25, 0.3) is 0 Å². The molecule has 20 heavy (non-hydrogen) atoms. The fourth-order valence-electron chi connectivity index (χ4n) is 1.98. The van der Waals surface area contributed by atoms with Crippen LogP contribution in [0.15, 0.2) is 30.5 Å². The van der Waals surface area contributed by atoms with Gasteiger partial charge in [-0.25, -0.2) is 9.37 Å². The zero-order valence-corrected chi connectivity index (χ0v) is 12.3. The van der Waals surface area contributed by atoms with Gasteiger partial charge in [-0.2, -0.15) is 0 Å². The number of hydrogen-bond acceptors (Lipinski definition) is 3. The highest BCUT2D eigenvalue weighted by Gasteiger charge is 2.14. The summed E-state index contributed by atoms with van der Waals surface area (Å²) >= 11 is 6.06. The van der Waals surface area contributed by atoms with E-state index in [2.05, 4.69) is 10.3 Å². The van der Waals surface area contributed by atoms with E-state index in [9.17, 15) is 4.39 Å². The van der Waals surface area contributed by atoms with Crippen molar-refractivity contribution in [2.45, 2.75) is 19.9 Å². The van der Waals surface area contributed by atoms with Crippen LogP contribution in [-0.2, 0) is 0 Å². The summed E-state index contributed by atoms with van der Waals surface area (Å²) in [5.74, 6) is 0.177. The number of anilines is 1. The number of aromatic nitrogens is 1. The lowest BCUT2D eigenvalue weighted by atomic mass is 10.1. The Hall–Kier alpha value is -1.81. The Morgan fingerprint density at radius 2 is 2.10 bits per heavy atom. The van der Waals surface area contributed by atoms with Crippen LogP contribution in [-0.4, -0.2) is 12.1 Å². The van der Waals surface area contributed by atoms with Crippen molar-refractivity contribution in [2.24, 2.45) is 0 Å². The largest absolute Gasteiger partial charge is 0.497 e. The minimum absolute atomic E-state index is 0.235. The maximum Gasteiger partial charge on any atom is 0.152 e. The number of pyridine rings is 1. The summed E-state index contributed by atoms with van der Waals surface area (Å²) < 4.78 is 19.0. The van der Waals surface area contributed by atoms with Crippen LogP contribution < -0.4 is 10.1 Å². The van der Waals surface area contributed by atoms with Gasteiger partial charge in [-0.3, -0.25) is 0 Å². The second-order valence-corrected chi connectivity index (χ2v) is 4.91. The van der Waals surface area contributed by atoms with Crippen LogP contribution >= 0.6 is 11.6 Å². The number of ether oxygens (including phenoxy) is 1. The lowest BCUT2D eigenvalue weighted by Crippen LogP contribution is -2.10. The van der Waals surface area contributed by atoms with Crippen LogP contribution in [0.5, 0.6) is 5.75 Å². The Balaban J connectivity index is 2.26. The molecule has 0 fully saturated rings. The number of hydrogen-bond donors (Lipinski definition) is 1. The average molecular weight is 295 g/mol. The molecule has 0 aliphatic rings. The molecule has 0 radical (unpaired) electrons. The molecule has 1 N–H and O–H groups in total. The molecule has 2 rings (SSSR count). The highest BCUT2D eigenvalue weighted by Crippen LogP contribution is 2.29. The Morgan fingerprint density at radius 3 is 2.70 bits per heavy atom. The third kappa shape index (κ3) is 3.02. The van der Waals surface area contributed by atoms with E-state index in [1.54, 1.807) is 18.3 Å². The quantitative estimate of drug-likeness (QED) is 0.851. The second kappa shape index (κ2) is 6.09. The minimum Gasteiger partial charge on any atom is -0.497 e. The fourth-order valence-corrected chi connectivity index (χ4v) is 2.24. The molecule has 2 aromatic rings. The maximum atomic E-state index is 14.0. The number of benzene rings is 1. The molecule has 1 unspecified atom stereocenters. The summed E-state index contributed by atoms with van der Waals surface area (Å²) in [6.45, 7) is 3.79. The normalized spacial score (nSPS) is 12.1. The van der Waals surface area contributed by atoms with Gasteiger partial charge in [-0.15, -0.1) is 0 Å². The van der Waals surface area contributed by atoms with E-state index in [-0.39, 0.29) is 11.9 Å². The third-order valence-electron chi connectivity index (χ3n) is 3.15. The van der Waals surface area contributed by atoms with E-state index < -0.39 is 0 Å². The number of nitrogens with zero attached hydrogens (tertiary/aromatic N) is 1. The number of aryl methyl sites for hydroxylation is 1. The van der Waals surface area contributed by atoms with Gasteiger partial charge in [0.15, 0.2) is 5.15 Å². The highest BCUT2D eigenvalue weighted by molar-refractivity contribution is 6.32. The molecule has 0 saturated heterocycles. The van der Waals surface area contributed by atoms with Crippen molar-refractivity contribution < 1.29 is 9.13 Å². The van der Waals surface area contributed by atoms with Crippen molar-refractivity contribution in [3.05, 3.63) is 52.6 Å². The molecule has 0 amide bonds. The summed E-state index contributed by atoms with van der Waals surface area (Å²) in [5, 5.41) is 3.58. The Kier molecular flexibility index (Phi) is 4.45. The second-order valence-electron chi connectivity index (χ2n) is 4.55. The van der Waals surface area contributed by atoms with Crippen molar-refractivity contribution in [2.75, 3.05) is 12.4 Å². The molecular weight excluding hydrogens is 279 g/mol. The van der Waals surface area contributed by atoms with E-state index in [0.29, 0.717) is 16.5 Å².